The van der Waals surface area contributed by atoms with E-state index in [4.69, 9.17) is 0 Å². The van der Waals surface area contributed by atoms with Crippen molar-refractivity contribution in [2.45, 2.75) is 13.0 Å². The highest BCUT2D eigenvalue weighted by Gasteiger charge is 2.22. The average Bonchev–Trinajstić information content (AvgIpc) is 2.73. The third kappa shape index (κ3) is 3.78. The highest BCUT2D eigenvalue weighted by atomic mass is 19.1. The first-order chi connectivity index (χ1) is 13.6. The van der Waals surface area contributed by atoms with E-state index in [2.05, 4.69) is 11.4 Å². The fourth-order valence-electron chi connectivity index (χ4n) is 3.41. The van der Waals surface area contributed by atoms with E-state index >= 15 is 0 Å². The summed E-state index contributed by atoms with van der Waals surface area (Å²) in [5.41, 5.74) is 3.62. The van der Waals surface area contributed by atoms with Gasteiger partial charge in [0.05, 0.1) is 0 Å². The summed E-state index contributed by atoms with van der Waals surface area (Å²) >= 11 is 0. The van der Waals surface area contributed by atoms with Crippen LogP contribution in [0.5, 0.6) is 0 Å². The van der Waals surface area contributed by atoms with Gasteiger partial charge in [0.1, 0.15) is 5.82 Å². The number of halogens is 1. The number of nitrogens with one attached hydrogen (secondary N) is 1. The first-order valence-electron chi connectivity index (χ1n) is 9.13. The molecular formula is C23H19FN2O2. The van der Waals surface area contributed by atoms with Crippen LogP contribution in [-0.4, -0.2) is 23.3 Å². The number of anilines is 1. The molecule has 28 heavy (non-hydrogen) atoms. The zero-order valence-electron chi connectivity index (χ0n) is 15.2. The summed E-state index contributed by atoms with van der Waals surface area (Å²) in [4.78, 5) is 27.2. The van der Waals surface area contributed by atoms with Gasteiger partial charge >= 0.3 is 0 Å². The van der Waals surface area contributed by atoms with Crippen LogP contribution in [-0.2, 0) is 13.0 Å². The molecule has 1 aliphatic rings. The molecule has 1 aliphatic heterocycles. The van der Waals surface area contributed by atoms with E-state index in [1.807, 2.05) is 18.2 Å². The van der Waals surface area contributed by atoms with Crippen LogP contribution in [0.25, 0.3) is 0 Å². The Balaban J connectivity index is 1.50. The molecule has 0 bridgehead atoms. The molecule has 4 rings (SSSR count). The van der Waals surface area contributed by atoms with Crippen molar-refractivity contribution in [3.63, 3.8) is 0 Å². The maximum Gasteiger partial charge on any atom is 0.255 e. The number of nitrogens with zero attached hydrogens (tertiary/aromatic N) is 1. The van der Waals surface area contributed by atoms with E-state index in [-0.39, 0.29) is 11.8 Å². The van der Waals surface area contributed by atoms with Crippen LogP contribution in [0.1, 0.15) is 31.8 Å². The third-order valence-electron chi connectivity index (χ3n) is 4.87. The Kier molecular flexibility index (Phi) is 4.89. The van der Waals surface area contributed by atoms with Crippen molar-refractivity contribution in [2.75, 3.05) is 11.9 Å². The fourth-order valence-corrected chi connectivity index (χ4v) is 3.41. The Hall–Kier alpha value is -3.47. The Morgan fingerprint density at radius 1 is 0.857 bits per heavy atom. The monoisotopic (exact) mass is 374 g/mol. The van der Waals surface area contributed by atoms with Crippen LogP contribution < -0.4 is 5.32 Å². The first-order valence-corrected chi connectivity index (χ1v) is 9.13. The molecule has 3 aromatic rings. The van der Waals surface area contributed by atoms with E-state index < -0.39 is 5.82 Å². The summed E-state index contributed by atoms with van der Waals surface area (Å²) in [7, 11) is 0. The van der Waals surface area contributed by atoms with Crippen molar-refractivity contribution in [3.8, 4) is 0 Å². The number of rotatable bonds is 3. The average molecular weight is 374 g/mol. The smallest absolute Gasteiger partial charge is 0.255 e. The predicted octanol–water partition coefficient (Wildman–Crippen LogP) is 4.28. The highest BCUT2D eigenvalue weighted by Crippen LogP contribution is 2.21. The zero-order chi connectivity index (χ0) is 19.5. The molecule has 0 spiro atoms. The summed E-state index contributed by atoms with van der Waals surface area (Å²) < 4.78 is 13.3. The summed E-state index contributed by atoms with van der Waals surface area (Å²) in [6, 6.07) is 20.4. The first kappa shape index (κ1) is 17.9. The maximum absolute atomic E-state index is 13.3. The van der Waals surface area contributed by atoms with Crippen LogP contribution in [0.3, 0.4) is 0 Å². The van der Waals surface area contributed by atoms with Crippen molar-refractivity contribution in [1.82, 2.24) is 4.90 Å². The van der Waals surface area contributed by atoms with E-state index in [0.29, 0.717) is 29.9 Å². The van der Waals surface area contributed by atoms with Crippen LogP contribution >= 0.6 is 0 Å². The van der Waals surface area contributed by atoms with Gasteiger partial charge in [-0.3, -0.25) is 9.59 Å². The van der Waals surface area contributed by atoms with Crippen molar-refractivity contribution in [1.29, 1.82) is 0 Å². The van der Waals surface area contributed by atoms with Gasteiger partial charge in [-0.05, 0) is 53.9 Å². The van der Waals surface area contributed by atoms with Gasteiger partial charge in [-0.25, -0.2) is 4.39 Å². The van der Waals surface area contributed by atoms with Gasteiger partial charge in [0.2, 0.25) is 0 Å². The maximum atomic E-state index is 13.3. The second kappa shape index (κ2) is 7.64. The topological polar surface area (TPSA) is 49.4 Å². The lowest BCUT2D eigenvalue weighted by molar-refractivity contribution is 0.0734. The molecule has 1 N–H and O–H groups in total. The number of hydrogen-bond acceptors (Lipinski definition) is 2. The van der Waals surface area contributed by atoms with Gasteiger partial charge in [-0.2, -0.15) is 0 Å². The Labute approximate surface area is 162 Å². The lowest BCUT2D eigenvalue weighted by Crippen LogP contribution is -2.36. The molecule has 0 atom stereocenters. The number of benzene rings is 3. The lowest BCUT2D eigenvalue weighted by atomic mass is 9.99. The van der Waals surface area contributed by atoms with E-state index in [0.717, 1.165) is 12.0 Å². The van der Waals surface area contributed by atoms with E-state index in [1.165, 1.54) is 23.8 Å². The van der Waals surface area contributed by atoms with E-state index in [9.17, 15) is 14.0 Å². The largest absolute Gasteiger partial charge is 0.334 e. The van der Waals surface area contributed by atoms with Gasteiger partial charge in [0, 0.05) is 29.9 Å². The number of fused-ring (bicyclic) bond motifs is 1. The number of amides is 2. The predicted molar refractivity (Wildman–Crippen MR) is 106 cm³/mol. The minimum Gasteiger partial charge on any atom is -0.334 e. The molecule has 140 valence electrons. The summed E-state index contributed by atoms with van der Waals surface area (Å²) in [6.45, 7) is 1.21. The van der Waals surface area contributed by atoms with Crippen LogP contribution in [0.4, 0.5) is 10.1 Å². The quantitative estimate of drug-likeness (QED) is 0.744. The van der Waals surface area contributed by atoms with Gasteiger partial charge in [0.15, 0.2) is 0 Å². The van der Waals surface area contributed by atoms with Crippen LogP contribution in [0, 0.1) is 5.82 Å². The van der Waals surface area contributed by atoms with Crippen molar-refractivity contribution in [2.24, 2.45) is 0 Å². The molecule has 3 aromatic carbocycles. The molecule has 0 saturated heterocycles. The molecule has 2 amide bonds. The minimum absolute atomic E-state index is 0.102. The number of carbonyl (C=O) groups excluding carboxylic acids is 2. The molecule has 0 unspecified atom stereocenters. The molecule has 1 heterocycles. The fraction of sp³-hybridized carbons (Fsp3) is 0.130. The standard InChI is InChI=1S/C23H19FN2O2/c24-20-9-4-10-21(14-20)25-22(27)17-7-3-8-18(13-17)23(28)26-12-11-16-5-1-2-6-19(16)15-26/h1-10,13-14H,11-12,15H2,(H,25,27). The number of hydrogen-bond donors (Lipinski definition) is 1. The Morgan fingerprint density at radius 3 is 2.43 bits per heavy atom. The SMILES string of the molecule is O=C(Nc1cccc(F)c1)c1cccc(C(=O)N2CCc3ccccc3C2)c1. The van der Waals surface area contributed by atoms with Crippen LogP contribution in [0.15, 0.2) is 72.8 Å². The second-order valence-electron chi connectivity index (χ2n) is 6.79. The van der Waals surface area contributed by atoms with Crippen molar-refractivity contribution >= 4 is 17.5 Å². The van der Waals surface area contributed by atoms with Crippen molar-refractivity contribution < 1.29 is 14.0 Å². The molecule has 0 saturated carbocycles. The molecule has 5 heteroatoms. The number of carbonyl (C=O) groups is 2. The molecule has 0 aromatic heterocycles. The van der Waals surface area contributed by atoms with Crippen molar-refractivity contribution in [3.05, 3.63) is 101 Å². The van der Waals surface area contributed by atoms with Gasteiger partial charge in [-0.1, -0.05) is 36.4 Å². The highest BCUT2D eigenvalue weighted by molar-refractivity contribution is 6.06. The van der Waals surface area contributed by atoms with Gasteiger partial charge < -0.3 is 10.2 Å². The molecule has 4 nitrogen and oxygen atoms in total. The second-order valence-corrected chi connectivity index (χ2v) is 6.79. The zero-order valence-corrected chi connectivity index (χ0v) is 15.2. The summed E-state index contributed by atoms with van der Waals surface area (Å²) in [6.07, 6.45) is 0.821. The minimum atomic E-state index is -0.424. The van der Waals surface area contributed by atoms with Gasteiger partial charge in [-0.15, -0.1) is 0 Å². The van der Waals surface area contributed by atoms with Crippen LogP contribution in [0.2, 0.25) is 0 Å². The van der Waals surface area contributed by atoms with Gasteiger partial charge in [0.25, 0.3) is 11.8 Å². The third-order valence-corrected chi connectivity index (χ3v) is 4.87. The summed E-state index contributed by atoms with van der Waals surface area (Å²) in [5.74, 6) is -0.911. The Morgan fingerprint density at radius 2 is 1.61 bits per heavy atom. The molecule has 0 aliphatic carbocycles. The Bertz CT molecular complexity index is 1050. The normalized spacial score (nSPS) is 13.0. The molecule has 0 radical (unpaired) electrons. The van der Waals surface area contributed by atoms with E-state index in [1.54, 1.807) is 35.2 Å². The summed E-state index contributed by atoms with van der Waals surface area (Å²) in [5, 5.41) is 2.65. The lowest BCUT2D eigenvalue weighted by Gasteiger charge is -2.29. The molecule has 0 fully saturated rings. The molecular weight excluding hydrogens is 355 g/mol.